The molecule has 0 amide bonds. The first-order chi connectivity index (χ1) is 10.1. The van der Waals surface area contributed by atoms with Crippen molar-refractivity contribution >= 4 is 5.69 Å². The van der Waals surface area contributed by atoms with Gasteiger partial charge < -0.3 is 15.0 Å². The lowest BCUT2D eigenvalue weighted by atomic mass is 10.1. The van der Waals surface area contributed by atoms with Crippen molar-refractivity contribution in [1.29, 1.82) is 0 Å². The molecular formula is C18H24N2O. The molecule has 0 aromatic heterocycles. The van der Waals surface area contributed by atoms with E-state index in [-0.39, 0.29) is 0 Å². The van der Waals surface area contributed by atoms with E-state index in [1.165, 1.54) is 16.8 Å². The fourth-order valence-corrected chi connectivity index (χ4v) is 2.19. The quantitative estimate of drug-likeness (QED) is 0.877. The van der Waals surface area contributed by atoms with Crippen molar-refractivity contribution in [3.05, 3.63) is 59.7 Å². The number of anilines is 1. The molecule has 0 unspecified atom stereocenters. The summed E-state index contributed by atoms with van der Waals surface area (Å²) in [5.74, 6) is 0.894. The average molecular weight is 284 g/mol. The van der Waals surface area contributed by atoms with E-state index < -0.39 is 0 Å². The number of benzene rings is 2. The molecule has 0 radical (unpaired) electrons. The molecule has 0 heterocycles. The molecule has 3 nitrogen and oxygen atoms in total. The zero-order valence-electron chi connectivity index (χ0n) is 13.3. The molecule has 2 aromatic carbocycles. The first-order valence-corrected chi connectivity index (χ1v) is 7.23. The van der Waals surface area contributed by atoms with Gasteiger partial charge in [0.2, 0.25) is 0 Å². The van der Waals surface area contributed by atoms with Crippen molar-refractivity contribution in [1.82, 2.24) is 5.32 Å². The summed E-state index contributed by atoms with van der Waals surface area (Å²) in [7, 11) is 5.80. The predicted octanol–water partition coefficient (Wildman–Crippen LogP) is 3.61. The van der Waals surface area contributed by atoms with Crippen molar-refractivity contribution in [2.24, 2.45) is 0 Å². The molecule has 0 saturated carbocycles. The minimum absolute atomic E-state index is 0.310. The van der Waals surface area contributed by atoms with Crippen molar-refractivity contribution in [3.8, 4) is 5.75 Å². The fraction of sp³-hybridized carbons (Fsp3) is 0.333. The molecule has 2 aromatic rings. The maximum Gasteiger partial charge on any atom is 0.118 e. The van der Waals surface area contributed by atoms with Crippen LogP contribution in [0.3, 0.4) is 0 Å². The first-order valence-electron chi connectivity index (χ1n) is 7.23. The summed E-state index contributed by atoms with van der Waals surface area (Å²) in [5.41, 5.74) is 3.78. The Morgan fingerprint density at radius 3 is 2.14 bits per heavy atom. The molecule has 0 aliphatic carbocycles. The molecule has 1 atom stereocenters. The number of hydrogen-bond donors (Lipinski definition) is 1. The summed E-state index contributed by atoms with van der Waals surface area (Å²) in [4.78, 5) is 2.11. The van der Waals surface area contributed by atoms with Crippen LogP contribution in [-0.4, -0.2) is 21.2 Å². The van der Waals surface area contributed by atoms with Crippen LogP contribution in [0, 0.1) is 0 Å². The zero-order valence-corrected chi connectivity index (χ0v) is 13.3. The van der Waals surface area contributed by atoms with E-state index in [2.05, 4.69) is 67.6 Å². The number of methoxy groups -OCH3 is 1. The summed E-state index contributed by atoms with van der Waals surface area (Å²) in [6.07, 6.45) is 0. The Balaban J connectivity index is 1.92. The lowest BCUT2D eigenvalue weighted by Gasteiger charge is -2.16. The lowest BCUT2D eigenvalue weighted by Crippen LogP contribution is -2.18. The van der Waals surface area contributed by atoms with Gasteiger partial charge in [-0.1, -0.05) is 24.3 Å². The van der Waals surface area contributed by atoms with Crippen LogP contribution in [0.2, 0.25) is 0 Å². The van der Waals surface area contributed by atoms with Crippen molar-refractivity contribution in [3.63, 3.8) is 0 Å². The van der Waals surface area contributed by atoms with Gasteiger partial charge in [0, 0.05) is 32.4 Å². The highest BCUT2D eigenvalue weighted by molar-refractivity contribution is 5.46. The van der Waals surface area contributed by atoms with E-state index in [4.69, 9.17) is 4.74 Å². The van der Waals surface area contributed by atoms with E-state index in [1.54, 1.807) is 7.11 Å². The largest absolute Gasteiger partial charge is 0.497 e. The third-order valence-electron chi connectivity index (χ3n) is 3.68. The Morgan fingerprint density at radius 1 is 1.00 bits per heavy atom. The molecule has 1 N–H and O–H groups in total. The van der Waals surface area contributed by atoms with Gasteiger partial charge in [-0.25, -0.2) is 0 Å². The lowest BCUT2D eigenvalue weighted by molar-refractivity contribution is 0.414. The zero-order chi connectivity index (χ0) is 15.2. The van der Waals surface area contributed by atoms with E-state index in [0.29, 0.717) is 6.04 Å². The molecule has 0 fully saturated rings. The second-order valence-electron chi connectivity index (χ2n) is 5.44. The Hall–Kier alpha value is -2.00. The molecule has 2 rings (SSSR count). The summed E-state index contributed by atoms with van der Waals surface area (Å²) in [6, 6.07) is 17.1. The van der Waals surface area contributed by atoms with Gasteiger partial charge in [0.15, 0.2) is 0 Å². The Morgan fingerprint density at radius 2 is 1.62 bits per heavy atom. The van der Waals surface area contributed by atoms with Crippen LogP contribution in [0.5, 0.6) is 5.75 Å². The summed E-state index contributed by atoms with van der Waals surface area (Å²) >= 11 is 0. The molecule has 0 bridgehead atoms. The minimum Gasteiger partial charge on any atom is -0.497 e. The van der Waals surface area contributed by atoms with Gasteiger partial charge in [0.05, 0.1) is 7.11 Å². The molecule has 0 aliphatic heterocycles. The van der Waals surface area contributed by atoms with E-state index in [1.807, 2.05) is 12.1 Å². The topological polar surface area (TPSA) is 24.5 Å². The third kappa shape index (κ3) is 4.23. The number of nitrogens with one attached hydrogen (secondary N) is 1. The SMILES string of the molecule is COc1ccc([C@H](C)NCc2ccc(N(C)C)cc2)cc1. The smallest absolute Gasteiger partial charge is 0.118 e. The van der Waals surface area contributed by atoms with Gasteiger partial charge in [-0.05, 0) is 42.3 Å². The maximum atomic E-state index is 5.18. The van der Waals surface area contributed by atoms with Gasteiger partial charge in [-0.3, -0.25) is 0 Å². The first kappa shape index (κ1) is 15.4. The van der Waals surface area contributed by atoms with Crippen molar-refractivity contribution in [2.45, 2.75) is 19.5 Å². The Bertz CT molecular complexity index is 546. The highest BCUT2D eigenvalue weighted by Gasteiger charge is 2.05. The third-order valence-corrected chi connectivity index (χ3v) is 3.68. The Labute approximate surface area is 127 Å². The number of hydrogen-bond acceptors (Lipinski definition) is 3. The number of ether oxygens (including phenoxy) is 1. The van der Waals surface area contributed by atoms with Crippen molar-refractivity contribution in [2.75, 3.05) is 26.1 Å². The van der Waals surface area contributed by atoms with Gasteiger partial charge in [-0.15, -0.1) is 0 Å². The normalized spacial score (nSPS) is 12.0. The molecular weight excluding hydrogens is 260 g/mol. The van der Waals surface area contributed by atoms with Gasteiger partial charge in [0.1, 0.15) is 5.75 Å². The number of nitrogens with zero attached hydrogens (tertiary/aromatic N) is 1. The van der Waals surface area contributed by atoms with Crippen LogP contribution in [-0.2, 0) is 6.54 Å². The van der Waals surface area contributed by atoms with E-state index >= 15 is 0 Å². The average Bonchev–Trinajstić information content (AvgIpc) is 2.53. The second kappa shape index (κ2) is 7.14. The molecule has 3 heteroatoms. The van der Waals surface area contributed by atoms with Crippen LogP contribution < -0.4 is 15.0 Å². The van der Waals surface area contributed by atoms with Crippen LogP contribution >= 0.6 is 0 Å². The van der Waals surface area contributed by atoms with Crippen LogP contribution in [0.4, 0.5) is 5.69 Å². The maximum absolute atomic E-state index is 5.18. The predicted molar refractivity (Wildman–Crippen MR) is 89.0 cm³/mol. The molecule has 112 valence electrons. The van der Waals surface area contributed by atoms with Gasteiger partial charge >= 0.3 is 0 Å². The molecule has 21 heavy (non-hydrogen) atoms. The summed E-state index contributed by atoms with van der Waals surface area (Å²) in [5, 5.41) is 3.55. The van der Waals surface area contributed by atoms with Crippen LogP contribution in [0.25, 0.3) is 0 Å². The highest BCUT2D eigenvalue weighted by Crippen LogP contribution is 2.18. The monoisotopic (exact) mass is 284 g/mol. The van der Waals surface area contributed by atoms with E-state index in [9.17, 15) is 0 Å². The van der Waals surface area contributed by atoms with Crippen LogP contribution in [0.15, 0.2) is 48.5 Å². The number of rotatable bonds is 6. The Kier molecular flexibility index (Phi) is 5.23. The fourth-order valence-electron chi connectivity index (χ4n) is 2.19. The van der Waals surface area contributed by atoms with Gasteiger partial charge in [0.25, 0.3) is 0 Å². The minimum atomic E-state index is 0.310. The highest BCUT2D eigenvalue weighted by atomic mass is 16.5. The molecule has 0 spiro atoms. The van der Waals surface area contributed by atoms with Crippen LogP contribution in [0.1, 0.15) is 24.1 Å². The van der Waals surface area contributed by atoms with Crippen molar-refractivity contribution < 1.29 is 4.74 Å². The summed E-state index contributed by atoms with van der Waals surface area (Å²) < 4.78 is 5.18. The molecule has 0 saturated heterocycles. The van der Waals surface area contributed by atoms with Gasteiger partial charge in [-0.2, -0.15) is 0 Å². The second-order valence-corrected chi connectivity index (χ2v) is 5.44. The standard InChI is InChI=1S/C18H24N2O/c1-14(16-7-11-18(21-4)12-8-16)19-13-15-5-9-17(10-6-15)20(2)3/h5-12,14,19H,13H2,1-4H3/t14-/m0/s1. The van der Waals surface area contributed by atoms with E-state index in [0.717, 1.165) is 12.3 Å². The molecule has 0 aliphatic rings. The summed E-state index contributed by atoms with van der Waals surface area (Å²) in [6.45, 7) is 3.04.